The number of nitrogens with zero attached hydrogens (tertiary/aromatic N) is 1. The number of carbonyl (C=O) groups excluding carboxylic acids is 3. The van der Waals surface area contributed by atoms with Gasteiger partial charge in [0.15, 0.2) is 6.61 Å². The highest BCUT2D eigenvalue weighted by molar-refractivity contribution is 6.35. The average molecular weight is 410 g/mol. The number of aryl methyl sites for hydroxylation is 2. The first-order valence-corrected chi connectivity index (χ1v) is 9.48. The summed E-state index contributed by atoms with van der Waals surface area (Å²) >= 11 is 0. The van der Waals surface area contributed by atoms with Gasteiger partial charge in [-0.25, -0.2) is 5.43 Å². The summed E-state index contributed by atoms with van der Waals surface area (Å²) in [7, 11) is 0. The summed E-state index contributed by atoms with van der Waals surface area (Å²) in [5, 5.41) is 9.04. The highest BCUT2D eigenvalue weighted by atomic mass is 16.5. The van der Waals surface area contributed by atoms with E-state index in [1.807, 2.05) is 32.0 Å². The Morgan fingerprint density at radius 2 is 1.83 bits per heavy atom. The molecule has 0 bridgehead atoms. The van der Waals surface area contributed by atoms with Crippen LogP contribution in [0.5, 0.6) is 5.75 Å². The van der Waals surface area contributed by atoms with Crippen LogP contribution < -0.4 is 20.8 Å². The first-order chi connectivity index (χ1) is 14.2. The van der Waals surface area contributed by atoms with Crippen LogP contribution in [0.1, 0.15) is 30.5 Å². The molecule has 0 unspecified atom stereocenters. The molecular formula is C22H26N4O4. The number of hydrogen-bond donors (Lipinski definition) is 3. The van der Waals surface area contributed by atoms with Crippen LogP contribution in [0.25, 0.3) is 0 Å². The Morgan fingerprint density at radius 3 is 2.53 bits per heavy atom. The molecule has 2 rings (SSSR count). The van der Waals surface area contributed by atoms with Crippen LogP contribution >= 0.6 is 0 Å². The molecule has 0 spiro atoms. The molecule has 0 saturated carbocycles. The van der Waals surface area contributed by atoms with Crippen LogP contribution in [0.15, 0.2) is 47.6 Å². The molecule has 0 radical (unpaired) electrons. The number of rotatable bonds is 7. The van der Waals surface area contributed by atoms with Crippen molar-refractivity contribution < 1.29 is 19.1 Å². The van der Waals surface area contributed by atoms with Gasteiger partial charge in [-0.15, -0.1) is 0 Å². The number of anilines is 1. The topological polar surface area (TPSA) is 109 Å². The lowest BCUT2D eigenvalue weighted by atomic mass is 10.1. The molecule has 0 aliphatic carbocycles. The van der Waals surface area contributed by atoms with E-state index in [0.29, 0.717) is 11.3 Å². The molecule has 3 N–H and O–H groups in total. The highest BCUT2D eigenvalue weighted by Gasteiger charge is 2.13. The van der Waals surface area contributed by atoms with Gasteiger partial charge in [-0.1, -0.05) is 29.8 Å². The summed E-state index contributed by atoms with van der Waals surface area (Å²) in [5.41, 5.74) is 5.63. The van der Waals surface area contributed by atoms with Crippen LogP contribution in [0.3, 0.4) is 0 Å². The summed E-state index contributed by atoms with van der Waals surface area (Å²) in [5.74, 6) is -1.41. The molecule has 2 aromatic carbocycles. The molecule has 3 amide bonds. The first kappa shape index (κ1) is 22.6. The second-order valence-corrected chi connectivity index (χ2v) is 7.06. The van der Waals surface area contributed by atoms with E-state index in [-0.39, 0.29) is 18.6 Å². The third-order valence-electron chi connectivity index (χ3n) is 3.89. The maximum absolute atomic E-state index is 12.1. The molecule has 0 aliphatic rings. The smallest absolute Gasteiger partial charge is 0.329 e. The van der Waals surface area contributed by atoms with Crippen molar-refractivity contribution in [1.82, 2.24) is 10.7 Å². The first-order valence-electron chi connectivity index (χ1n) is 9.48. The Morgan fingerprint density at radius 1 is 1.07 bits per heavy atom. The quantitative estimate of drug-likeness (QED) is 0.370. The van der Waals surface area contributed by atoms with Crippen LogP contribution in [0.2, 0.25) is 0 Å². The fraction of sp³-hybridized carbons (Fsp3) is 0.273. The maximum atomic E-state index is 12.1. The lowest BCUT2D eigenvalue weighted by Crippen LogP contribution is -2.41. The minimum atomic E-state index is -0.851. The summed E-state index contributed by atoms with van der Waals surface area (Å²) in [6.07, 6.45) is 1.38. The van der Waals surface area contributed by atoms with Crippen molar-refractivity contribution in [2.24, 2.45) is 5.10 Å². The van der Waals surface area contributed by atoms with Gasteiger partial charge >= 0.3 is 11.8 Å². The molecule has 0 aliphatic heterocycles. The Hall–Kier alpha value is -3.68. The molecule has 30 heavy (non-hydrogen) atoms. The Bertz CT molecular complexity index is 954. The predicted octanol–water partition coefficient (Wildman–Crippen LogP) is 2.30. The van der Waals surface area contributed by atoms with Gasteiger partial charge in [0.1, 0.15) is 5.75 Å². The zero-order valence-electron chi connectivity index (χ0n) is 17.5. The molecule has 0 heterocycles. The third kappa shape index (κ3) is 7.38. The van der Waals surface area contributed by atoms with Gasteiger partial charge in [0.25, 0.3) is 5.91 Å². The monoisotopic (exact) mass is 410 g/mol. The minimum absolute atomic E-state index is 0.145. The standard InChI is InChI=1S/C22H26N4O4/c1-14(2)24-21(28)22(29)26-23-12-17-6-5-7-18(11-17)30-13-20(27)25-19-9-8-15(3)10-16(19)4/h5-12,14H,13H2,1-4H3,(H,24,28)(H,25,27)(H,26,29)/b23-12-. The average Bonchev–Trinajstić information content (AvgIpc) is 2.68. The predicted molar refractivity (Wildman–Crippen MR) is 115 cm³/mol. The maximum Gasteiger partial charge on any atom is 0.329 e. The third-order valence-corrected chi connectivity index (χ3v) is 3.89. The molecule has 8 heteroatoms. The number of nitrogens with one attached hydrogen (secondary N) is 3. The van der Waals surface area contributed by atoms with Gasteiger partial charge in [-0.2, -0.15) is 5.10 Å². The van der Waals surface area contributed by atoms with E-state index >= 15 is 0 Å². The summed E-state index contributed by atoms with van der Waals surface area (Å²) in [6, 6.07) is 12.5. The van der Waals surface area contributed by atoms with Crippen molar-refractivity contribution in [2.75, 3.05) is 11.9 Å². The lowest BCUT2D eigenvalue weighted by molar-refractivity contribution is -0.139. The van der Waals surface area contributed by atoms with Crippen LogP contribution in [0.4, 0.5) is 5.69 Å². The number of hydrazone groups is 1. The minimum Gasteiger partial charge on any atom is -0.484 e. The van der Waals surface area contributed by atoms with E-state index in [4.69, 9.17) is 4.74 Å². The fourth-order valence-electron chi connectivity index (χ4n) is 2.52. The van der Waals surface area contributed by atoms with Gasteiger partial charge in [0.2, 0.25) is 0 Å². The SMILES string of the molecule is Cc1ccc(NC(=O)COc2cccc(/C=N\NC(=O)C(=O)NC(C)C)c2)c(C)c1. The summed E-state index contributed by atoms with van der Waals surface area (Å²) < 4.78 is 5.53. The van der Waals surface area contributed by atoms with Crippen molar-refractivity contribution in [1.29, 1.82) is 0 Å². The van der Waals surface area contributed by atoms with Gasteiger partial charge < -0.3 is 15.4 Å². The number of ether oxygens (including phenoxy) is 1. The van der Waals surface area contributed by atoms with Crippen LogP contribution in [-0.2, 0) is 14.4 Å². The summed E-state index contributed by atoms with van der Waals surface area (Å²) in [4.78, 5) is 35.3. The molecular weight excluding hydrogens is 384 g/mol. The number of carbonyl (C=O) groups is 3. The van der Waals surface area contributed by atoms with E-state index < -0.39 is 11.8 Å². The Labute approximate surface area is 175 Å². The van der Waals surface area contributed by atoms with Gasteiger partial charge in [0.05, 0.1) is 6.21 Å². The van der Waals surface area contributed by atoms with Crippen molar-refractivity contribution >= 4 is 29.6 Å². The van der Waals surface area contributed by atoms with Crippen LogP contribution in [-0.4, -0.2) is 36.6 Å². The van der Waals surface area contributed by atoms with Crippen molar-refractivity contribution in [3.05, 3.63) is 59.2 Å². The van der Waals surface area contributed by atoms with E-state index in [9.17, 15) is 14.4 Å². The van der Waals surface area contributed by atoms with Crippen LogP contribution in [0, 0.1) is 13.8 Å². The zero-order chi connectivity index (χ0) is 22.1. The Kier molecular flexibility index (Phi) is 8.10. The largest absolute Gasteiger partial charge is 0.484 e. The zero-order valence-corrected chi connectivity index (χ0v) is 17.5. The van der Waals surface area contributed by atoms with Gasteiger partial charge in [-0.3, -0.25) is 14.4 Å². The van der Waals surface area contributed by atoms with E-state index in [0.717, 1.165) is 16.8 Å². The number of amides is 3. The van der Waals surface area contributed by atoms with Crippen molar-refractivity contribution in [3.63, 3.8) is 0 Å². The highest BCUT2D eigenvalue weighted by Crippen LogP contribution is 2.16. The molecule has 0 aromatic heterocycles. The van der Waals surface area contributed by atoms with E-state index in [2.05, 4.69) is 21.2 Å². The van der Waals surface area contributed by atoms with Gasteiger partial charge in [-0.05, 0) is 57.0 Å². The number of hydrogen-bond acceptors (Lipinski definition) is 5. The van der Waals surface area contributed by atoms with E-state index in [1.54, 1.807) is 38.1 Å². The second kappa shape index (κ2) is 10.8. The molecule has 2 aromatic rings. The van der Waals surface area contributed by atoms with Crippen molar-refractivity contribution in [2.45, 2.75) is 33.7 Å². The lowest BCUT2D eigenvalue weighted by Gasteiger charge is -2.10. The fourth-order valence-corrected chi connectivity index (χ4v) is 2.52. The van der Waals surface area contributed by atoms with E-state index in [1.165, 1.54) is 6.21 Å². The van der Waals surface area contributed by atoms with Gasteiger partial charge in [0, 0.05) is 11.7 Å². The normalized spacial score (nSPS) is 10.7. The molecule has 0 saturated heterocycles. The second-order valence-electron chi connectivity index (χ2n) is 7.06. The molecule has 158 valence electrons. The summed E-state index contributed by atoms with van der Waals surface area (Å²) in [6.45, 7) is 7.27. The molecule has 0 fully saturated rings. The molecule has 8 nitrogen and oxygen atoms in total. The Balaban J connectivity index is 1.87. The van der Waals surface area contributed by atoms with Crippen molar-refractivity contribution in [3.8, 4) is 5.75 Å². The molecule has 0 atom stereocenters. The number of benzene rings is 2.